The lowest BCUT2D eigenvalue weighted by Crippen LogP contribution is -2.47. The van der Waals surface area contributed by atoms with Gasteiger partial charge < -0.3 is 4.90 Å². The van der Waals surface area contributed by atoms with E-state index in [9.17, 15) is 14.5 Å². The van der Waals surface area contributed by atoms with Crippen molar-refractivity contribution in [1.29, 1.82) is 0 Å². The molecule has 1 aliphatic heterocycles. The molecule has 0 N–H and O–H groups in total. The summed E-state index contributed by atoms with van der Waals surface area (Å²) in [5.41, 5.74) is 0.00261. The van der Waals surface area contributed by atoms with Crippen LogP contribution in [0.4, 0.5) is 15.8 Å². The molecule has 0 atom stereocenters. The molecule has 5 nitrogen and oxygen atoms in total. The first-order valence-corrected chi connectivity index (χ1v) is 6.58. The van der Waals surface area contributed by atoms with Gasteiger partial charge in [0.2, 0.25) is 5.82 Å². The molecule has 2 fully saturated rings. The Kier molecular flexibility index (Phi) is 3.10. The Labute approximate surface area is 110 Å². The fourth-order valence-electron chi connectivity index (χ4n) is 2.71. The number of hydrogen-bond acceptors (Lipinski definition) is 4. The van der Waals surface area contributed by atoms with Crippen molar-refractivity contribution in [3.05, 3.63) is 34.1 Å². The highest BCUT2D eigenvalue weighted by Gasteiger charge is 2.33. The molecule has 0 unspecified atom stereocenters. The van der Waals surface area contributed by atoms with Crippen LogP contribution in [-0.2, 0) is 0 Å². The van der Waals surface area contributed by atoms with E-state index in [4.69, 9.17) is 0 Å². The zero-order valence-corrected chi connectivity index (χ0v) is 10.6. The molecule has 6 heteroatoms. The van der Waals surface area contributed by atoms with Crippen LogP contribution in [0.5, 0.6) is 0 Å². The van der Waals surface area contributed by atoms with Crippen LogP contribution in [0, 0.1) is 15.9 Å². The smallest absolute Gasteiger partial charge is 0.327 e. The Morgan fingerprint density at radius 3 is 2.47 bits per heavy atom. The summed E-state index contributed by atoms with van der Waals surface area (Å²) in [5, 5.41) is 11.0. The summed E-state index contributed by atoms with van der Waals surface area (Å²) in [6.07, 6.45) is 2.53. The largest absolute Gasteiger partial charge is 0.363 e. The number of nitro benzene ring substituents is 1. The van der Waals surface area contributed by atoms with Gasteiger partial charge >= 0.3 is 5.69 Å². The van der Waals surface area contributed by atoms with Crippen molar-refractivity contribution in [2.24, 2.45) is 0 Å². The molecular formula is C13H16FN3O2. The molecule has 1 aromatic carbocycles. The topological polar surface area (TPSA) is 49.6 Å². The average molecular weight is 265 g/mol. The molecule has 1 heterocycles. The van der Waals surface area contributed by atoms with Gasteiger partial charge in [0.1, 0.15) is 5.69 Å². The molecule has 2 aliphatic rings. The highest BCUT2D eigenvalue weighted by Crippen LogP contribution is 2.33. The van der Waals surface area contributed by atoms with Crippen molar-refractivity contribution < 1.29 is 9.31 Å². The number of para-hydroxylation sites is 1. The van der Waals surface area contributed by atoms with Gasteiger partial charge in [0.05, 0.1) is 4.92 Å². The van der Waals surface area contributed by atoms with E-state index in [0.29, 0.717) is 11.7 Å². The molecular weight excluding hydrogens is 249 g/mol. The Morgan fingerprint density at radius 2 is 1.89 bits per heavy atom. The summed E-state index contributed by atoms with van der Waals surface area (Å²) in [7, 11) is 0. The Bertz CT molecular complexity index is 497. The van der Waals surface area contributed by atoms with Gasteiger partial charge in [-0.1, -0.05) is 6.07 Å². The maximum Gasteiger partial charge on any atom is 0.327 e. The van der Waals surface area contributed by atoms with E-state index in [1.165, 1.54) is 18.9 Å². The van der Waals surface area contributed by atoms with E-state index in [0.717, 1.165) is 32.2 Å². The average Bonchev–Trinajstić information content (AvgIpc) is 3.22. The lowest BCUT2D eigenvalue weighted by atomic mass is 10.2. The number of benzene rings is 1. The second kappa shape index (κ2) is 4.77. The summed E-state index contributed by atoms with van der Waals surface area (Å²) >= 11 is 0. The molecule has 3 rings (SSSR count). The van der Waals surface area contributed by atoms with Gasteiger partial charge in [-0.25, -0.2) is 0 Å². The highest BCUT2D eigenvalue weighted by molar-refractivity contribution is 5.64. The maximum absolute atomic E-state index is 13.6. The zero-order valence-electron chi connectivity index (χ0n) is 10.6. The van der Waals surface area contributed by atoms with Crippen LogP contribution in [0.3, 0.4) is 0 Å². The van der Waals surface area contributed by atoms with Crippen molar-refractivity contribution >= 4 is 11.4 Å². The van der Waals surface area contributed by atoms with Gasteiger partial charge in [0.25, 0.3) is 0 Å². The highest BCUT2D eigenvalue weighted by atomic mass is 19.1. The fourth-order valence-corrected chi connectivity index (χ4v) is 2.71. The summed E-state index contributed by atoms with van der Waals surface area (Å²) in [6.45, 7) is 3.25. The van der Waals surface area contributed by atoms with Crippen LogP contribution in [0.1, 0.15) is 12.8 Å². The predicted octanol–water partition coefficient (Wildman–Crippen LogP) is 2.02. The van der Waals surface area contributed by atoms with Gasteiger partial charge in [0, 0.05) is 32.2 Å². The Hall–Kier alpha value is -1.69. The minimum absolute atomic E-state index is 0.401. The third kappa shape index (κ3) is 2.40. The van der Waals surface area contributed by atoms with Crippen LogP contribution >= 0.6 is 0 Å². The Balaban J connectivity index is 1.79. The predicted molar refractivity (Wildman–Crippen MR) is 69.9 cm³/mol. The molecule has 0 aromatic heterocycles. The Morgan fingerprint density at radius 1 is 1.21 bits per heavy atom. The van der Waals surface area contributed by atoms with Crippen LogP contribution in [-0.4, -0.2) is 42.0 Å². The van der Waals surface area contributed by atoms with E-state index in [1.54, 1.807) is 6.07 Å². The van der Waals surface area contributed by atoms with Crippen molar-refractivity contribution in [2.75, 3.05) is 31.1 Å². The van der Waals surface area contributed by atoms with Crippen LogP contribution in [0.15, 0.2) is 18.2 Å². The third-order valence-corrected chi connectivity index (χ3v) is 3.87. The molecule has 1 saturated heterocycles. The van der Waals surface area contributed by atoms with Crippen LogP contribution in [0.25, 0.3) is 0 Å². The standard InChI is InChI=1S/C13H16FN3O2/c14-11-2-1-3-12(13(11)17(18)19)16-8-6-15(7-9-16)10-4-5-10/h1-3,10H,4-9H2. The number of halogens is 1. The summed E-state index contributed by atoms with van der Waals surface area (Å²) < 4.78 is 13.6. The lowest BCUT2D eigenvalue weighted by Gasteiger charge is -2.35. The first-order valence-electron chi connectivity index (χ1n) is 6.58. The fraction of sp³-hybridized carbons (Fsp3) is 0.538. The number of rotatable bonds is 3. The van der Waals surface area contributed by atoms with Gasteiger partial charge in [-0.2, -0.15) is 4.39 Å². The van der Waals surface area contributed by atoms with Crippen LogP contribution in [0.2, 0.25) is 0 Å². The summed E-state index contributed by atoms with van der Waals surface area (Å²) in [4.78, 5) is 14.7. The SMILES string of the molecule is O=[N+]([O-])c1c(F)cccc1N1CCN(C2CC2)CC1. The van der Waals surface area contributed by atoms with Gasteiger partial charge in [0.15, 0.2) is 0 Å². The van der Waals surface area contributed by atoms with Crippen LogP contribution < -0.4 is 4.90 Å². The first kappa shape index (κ1) is 12.3. The quantitative estimate of drug-likeness (QED) is 0.619. The van der Waals surface area contributed by atoms with E-state index in [1.807, 2.05) is 4.90 Å². The summed E-state index contributed by atoms with van der Waals surface area (Å²) in [6, 6.07) is 5.02. The zero-order chi connectivity index (χ0) is 13.4. The van der Waals surface area contributed by atoms with Gasteiger partial charge in [-0.3, -0.25) is 15.0 Å². The maximum atomic E-state index is 13.6. The van der Waals surface area contributed by atoms with Crippen molar-refractivity contribution in [3.8, 4) is 0 Å². The number of hydrogen-bond donors (Lipinski definition) is 0. The molecule has 102 valence electrons. The molecule has 0 amide bonds. The normalized spacial score (nSPS) is 20.6. The molecule has 19 heavy (non-hydrogen) atoms. The minimum Gasteiger partial charge on any atom is -0.363 e. The monoisotopic (exact) mass is 265 g/mol. The number of piperazine rings is 1. The first-order chi connectivity index (χ1) is 9.16. The molecule has 1 aliphatic carbocycles. The molecule has 0 radical (unpaired) electrons. The minimum atomic E-state index is -0.757. The van der Waals surface area contributed by atoms with Crippen molar-refractivity contribution in [1.82, 2.24) is 4.90 Å². The molecule has 0 bridgehead atoms. The molecule has 0 spiro atoms. The van der Waals surface area contributed by atoms with E-state index < -0.39 is 16.4 Å². The third-order valence-electron chi connectivity index (χ3n) is 3.87. The number of nitrogens with zero attached hydrogens (tertiary/aromatic N) is 3. The van der Waals surface area contributed by atoms with Crippen molar-refractivity contribution in [3.63, 3.8) is 0 Å². The van der Waals surface area contributed by atoms with Gasteiger partial charge in [-0.05, 0) is 25.0 Å². The van der Waals surface area contributed by atoms with E-state index in [2.05, 4.69) is 4.90 Å². The molecule has 1 saturated carbocycles. The number of nitro groups is 1. The number of anilines is 1. The summed E-state index contributed by atoms with van der Waals surface area (Å²) in [5.74, 6) is -0.757. The van der Waals surface area contributed by atoms with Crippen molar-refractivity contribution in [2.45, 2.75) is 18.9 Å². The van der Waals surface area contributed by atoms with E-state index in [-0.39, 0.29) is 0 Å². The lowest BCUT2D eigenvalue weighted by molar-refractivity contribution is -0.386. The second-order valence-electron chi connectivity index (χ2n) is 5.12. The van der Waals surface area contributed by atoms with Gasteiger partial charge in [-0.15, -0.1) is 0 Å². The van der Waals surface area contributed by atoms with E-state index >= 15 is 0 Å². The molecule has 1 aromatic rings. The second-order valence-corrected chi connectivity index (χ2v) is 5.12.